The number of nitrogens with two attached hydrogens (primary N) is 2. The standard InChI is InChI=1S/C15H20N2O4S.C11H15N3O2.C4H8/c1-12(2)15(19)21-10-8-17(7-9-20-11-18)22-14-5-3-13(16)4-6-14;1-3-4-5-14-10(15)8(6-12)7(2)9(13)11(14)16;1-4(2)3/h3-6,11H,1,7-10,16H2,2H3;15H,3-5,13H2,1-2H3;1H2,2-3H3. The van der Waals surface area contributed by atoms with Crippen LogP contribution in [0.1, 0.15) is 51.7 Å². The molecular weight excluding hydrogens is 558 g/mol. The molecule has 230 valence electrons. The first-order valence-corrected chi connectivity index (χ1v) is 14.0. The average Bonchev–Trinajstić information content (AvgIpc) is 2.93. The Morgan fingerprint density at radius 1 is 1.17 bits per heavy atom. The van der Waals surface area contributed by atoms with E-state index < -0.39 is 11.5 Å². The molecule has 0 fully saturated rings. The molecule has 0 bridgehead atoms. The van der Waals surface area contributed by atoms with Crippen LogP contribution in [0.5, 0.6) is 5.88 Å². The van der Waals surface area contributed by atoms with Crippen molar-refractivity contribution in [2.24, 2.45) is 0 Å². The summed E-state index contributed by atoms with van der Waals surface area (Å²) in [4.78, 5) is 34.3. The Labute approximate surface area is 252 Å². The second-order valence-electron chi connectivity index (χ2n) is 9.34. The van der Waals surface area contributed by atoms with Gasteiger partial charge < -0.3 is 26.0 Å². The molecule has 1 aromatic carbocycles. The topological polar surface area (TPSA) is 174 Å². The third-order valence-electron chi connectivity index (χ3n) is 5.14. The number of aromatic hydroxyl groups is 1. The highest BCUT2D eigenvalue weighted by molar-refractivity contribution is 7.97. The van der Waals surface area contributed by atoms with Gasteiger partial charge in [-0.25, -0.2) is 9.10 Å². The second-order valence-corrected chi connectivity index (χ2v) is 10.5. The van der Waals surface area contributed by atoms with Gasteiger partial charge in [0.2, 0.25) is 5.88 Å². The summed E-state index contributed by atoms with van der Waals surface area (Å²) in [6.45, 7) is 18.4. The number of carbonyl (C=O) groups excluding carboxylic acids is 2. The molecule has 0 radical (unpaired) electrons. The number of nitrogens with zero attached hydrogens (tertiary/aromatic N) is 3. The van der Waals surface area contributed by atoms with Gasteiger partial charge in [-0.05, 0) is 70.3 Å². The first-order chi connectivity index (χ1) is 19.8. The van der Waals surface area contributed by atoms with Crippen LogP contribution in [-0.2, 0) is 25.6 Å². The summed E-state index contributed by atoms with van der Waals surface area (Å²) in [6, 6.07) is 9.27. The van der Waals surface area contributed by atoms with Gasteiger partial charge in [-0.3, -0.25) is 14.2 Å². The van der Waals surface area contributed by atoms with Crippen molar-refractivity contribution >= 4 is 35.8 Å². The van der Waals surface area contributed by atoms with Crippen molar-refractivity contribution in [2.75, 3.05) is 37.8 Å². The predicted octanol–water partition coefficient (Wildman–Crippen LogP) is 4.57. The van der Waals surface area contributed by atoms with Crippen molar-refractivity contribution in [1.82, 2.24) is 8.87 Å². The summed E-state index contributed by atoms with van der Waals surface area (Å²) in [5.41, 5.74) is 13.5. The molecule has 0 aliphatic carbocycles. The van der Waals surface area contributed by atoms with E-state index in [0.717, 1.165) is 22.3 Å². The number of hydrogen-bond acceptors (Lipinski definition) is 11. The number of rotatable bonds is 13. The van der Waals surface area contributed by atoms with E-state index in [1.54, 1.807) is 13.8 Å². The Hall–Kier alpha value is -4.21. The zero-order chi connectivity index (χ0) is 32.2. The first-order valence-electron chi connectivity index (χ1n) is 13.2. The molecule has 0 amide bonds. The van der Waals surface area contributed by atoms with E-state index in [9.17, 15) is 19.5 Å². The number of carbonyl (C=O) groups is 2. The molecule has 1 aromatic heterocycles. The molecule has 2 rings (SSSR count). The summed E-state index contributed by atoms with van der Waals surface area (Å²) in [7, 11) is 0. The van der Waals surface area contributed by atoms with Crippen LogP contribution >= 0.6 is 11.9 Å². The molecule has 12 heteroatoms. The molecule has 0 spiro atoms. The molecule has 1 heterocycles. The third kappa shape index (κ3) is 14.4. The lowest BCUT2D eigenvalue weighted by Crippen LogP contribution is -2.26. The smallest absolute Gasteiger partial charge is 0.333 e. The van der Waals surface area contributed by atoms with E-state index in [4.69, 9.17) is 26.2 Å². The second kappa shape index (κ2) is 20.6. The van der Waals surface area contributed by atoms with Crippen LogP contribution in [0.4, 0.5) is 11.4 Å². The van der Waals surface area contributed by atoms with Crippen molar-refractivity contribution in [3.63, 3.8) is 0 Å². The van der Waals surface area contributed by atoms with Crippen LogP contribution in [0.3, 0.4) is 0 Å². The number of esters is 1. The SMILES string of the molecule is C=C(C)C.C=C(C)C(=O)OCCN(CCOC=O)Sc1ccc(N)cc1.CCCCn1c(O)c(C#N)c(C)c(N)c1=O. The van der Waals surface area contributed by atoms with Crippen molar-refractivity contribution in [2.45, 2.75) is 58.9 Å². The minimum atomic E-state index is -0.428. The van der Waals surface area contributed by atoms with Crippen LogP contribution in [0.2, 0.25) is 0 Å². The van der Waals surface area contributed by atoms with Crippen molar-refractivity contribution in [3.8, 4) is 11.9 Å². The molecule has 0 saturated heterocycles. The van der Waals surface area contributed by atoms with Gasteiger partial charge >= 0.3 is 5.97 Å². The molecular formula is C30H43N5O6S. The Kier molecular flexibility index (Phi) is 18.6. The first kappa shape index (κ1) is 37.8. The fourth-order valence-corrected chi connectivity index (χ4v) is 3.83. The molecule has 0 unspecified atom stereocenters. The van der Waals surface area contributed by atoms with Gasteiger partial charge in [-0.1, -0.05) is 25.5 Å². The molecule has 0 saturated carbocycles. The molecule has 42 heavy (non-hydrogen) atoms. The molecule has 0 aliphatic heterocycles. The maximum absolute atomic E-state index is 11.8. The lowest BCUT2D eigenvalue weighted by Gasteiger charge is -2.20. The lowest BCUT2D eigenvalue weighted by atomic mass is 10.1. The fraction of sp³-hybridized carbons (Fsp3) is 0.400. The number of hydrogen-bond donors (Lipinski definition) is 3. The number of aromatic nitrogens is 1. The minimum absolute atomic E-state index is 0.0328. The minimum Gasteiger partial charge on any atom is -0.493 e. The molecule has 2 aromatic rings. The number of nitriles is 1. The van der Waals surface area contributed by atoms with E-state index >= 15 is 0 Å². The highest BCUT2D eigenvalue weighted by atomic mass is 32.2. The normalized spacial score (nSPS) is 9.83. The number of ether oxygens (including phenoxy) is 2. The third-order valence-corrected chi connectivity index (χ3v) is 6.25. The number of pyridine rings is 1. The summed E-state index contributed by atoms with van der Waals surface area (Å²) < 4.78 is 12.9. The number of anilines is 2. The Bertz CT molecular complexity index is 1280. The van der Waals surface area contributed by atoms with Gasteiger partial charge in [0, 0.05) is 41.4 Å². The molecule has 11 nitrogen and oxygen atoms in total. The van der Waals surface area contributed by atoms with E-state index in [-0.39, 0.29) is 30.3 Å². The Morgan fingerprint density at radius 2 is 1.74 bits per heavy atom. The van der Waals surface area contributed by atoms with Crippen LogP contribution in [-0.4, -0.2) is 52.7 Å². The lowest BCUT2D eigenvalue weighted by molar-refractivity contribution is -0.139. The number of nitrogen functional groups attached to an aromatic ring is 2. The highest BCUT2D eigenvalue weighted by Gasteiger charge is 2.16. The highest BCUT2D eigenvalue weighted by Crippen LogP contribution is 2.23. The van der Waals surface area contributed by atoms with Gasteiger partial charge in [-0.2, -0.15) is 5.26 Å². The Balaban J connectivity index is 0.000000736. The summed E-state index contributed by atoms with van der Waals surface area (Å²) in [5, 5.41) is 18.7. The zero-order valence-corrected chi connectivity index (χ0v) is 26.0. The quantitative estimate of drug-likeness (QED) is 0.0558. The van der Waals surface area contributed by atoms with E-state index in [1.165, 1.54) is 17.5 Å². The van der Waals surface area contributed by atoms with Crippen molar-refractivity contribution < 1.29 is 24.2 Å². The van der Waals surface area contributed by atoms with Gasteiger partial charge in [-0.15, -0.1) is 6.58 Å². The monoisotopic (exact) mass is 601 g/mol. The largest absolute Gasteiger partial charge is 0.493 e. The molecule has 0 atom stereocenters. The van der Waals surface area contributed by atoms with Gasteiger partial charge in [0.1, 0.15) is 30.5 Å². The van der Waals surface area contributed by atoms with E-state index in [2.05, 4.69) is 13.2 Å². The summed E-state index contributed by atoms with van der Waals surface area (Å²) in [5.74, 6) is -0.700. The van der Waals surface area contributed by atoms with E-state index in [0.29, 0.717) is 42.9 Å². The maximum Gasteiger partial charge on any atom is 0.333 e. The zero-order valence-electron chi connectivity index (χ0n) is 25.1. The van der Waals surface area contributed by atoms with Crippen LogP contribution in [0.15, 0.2) is 58.3 Å². The molecule has 0 aliphatic rings. The van der Waals surface area contributed by atoms with Gasteiger partial charge in [0.25, 0.3) is 12.0 Å². The Morgan fingerprint density at radius 3 is 2.24 bits per heavy atom. The fourth-order valence-electron chi connectivity index (χ4n) is 2.94. The predicted molar refractivity (Wildman–Crippen MR) is 168 cm³/mol. The van der Waals surface area contributed by atoms with Crippen molar-refractivity contribution in [3.05, 3.63) is 70.1 Å². The average molecular weight is 602 g/mol. The van der Waals surface area contributed by atoms with E-state index in [1.807, 2.05) is 55.4 Å². The summed E-state index contributed by atoms with van der Waals surface area (Å²) in [6.07, 6.45) is 1.64. The number of unbranched alkanes of at least 4 members (excludes halogenated alkanes) is 1. The molecule has 5 N–H and O–H groups in total. The van der Waals surface area contributed by atoms with Crippen molar-refractivity contribution in [1.29, 1.82) is 5.26 Å². The van der Waals surface area contributed by atoms with Crippen LogP contribution < -0.4 is 17.0 Å². The van der Waals surface area contributed by atoms with Crippen LogP contribution in [0, 0.1) is 18.3 Å². The maximum atomic E-state index is 11.8. The number of allylic oxidation sites excluding steroid dienone is 1. The number of benzene rings is 1. The van der Waals surface area contributed by atoms with Gasteiger partial charge in [0.15, 0.2) is 0 Å². The van der Waals surface area contributed by atoms with Crippen LogP contribution in [0.25, 0.3) is 0 Å². The summed E-state index contributed by atoms with van der Waals surface area (Å²) >= 11 is 1.48. The van der Waals surface area contributed by atoms with Gasteiger partial charge in [0.05, 0.1) is 0 Å².